The van der Waals surface area contributed by atoms with Crippen LogP contribution in [0, 0.1) is 0 Å². The van der Waals surface area contributed by atoms with Crippen molar-refractivity contribution < 1.29 is 4.79 Å². The van der Waals surface area contributed by atoms with Crippen molar-refractivity contribution in [1.82, 2.24) is 15.6 Å². The maximum Gasteiger partial charge on any atom is 0.291 e. The quantitative estimate of drug-likeness (QED) is 0.546. The molecule has 6 heteroatoms. The Bertz CT molecular complexity index is 871. The van der Waals surface area contributed by atoms with E-state index in [0.29, 0.717) is 5.69 Å². The molecule has 0 unspecified atom stereocenters. The number of carbonyl (C=O) groups excluding carboxylic acids is 1. The molecule has 2 aromatic heterocycles. The van der Waals surface area contributed by atoms with Crippen LogP contribution in [0.25, 0.3) is 10.6 Å². The Hall–Kier alpha value is -2.73. The molecule has 0 saturated heterocycles. The van der Waals surface area contributed by atoms with Gasteiger partial charge in [-0.25, -0.2) is 5.43 Å². The number of hydrazone groups is 1. The molecule has 2 heterocycles. The molecule has 0 aliphatic rings. The maximum absolute atomic E-state index is 12.1. The predicted molar refractivity (Wildman–Crippen MR) is 102 cm³/mol. The number of nitrogens with zero attached hydrogens (tertiary/aromatic N) is 2. The summed E-state index contributed by atoms with van der Waals surface area (Å²) in [5.41, 5.74) is 5.93. The minimum absolute atomic E-state index is 0.115. The highest BCUT2D eigenvalue weighted by atomic mass is 32.1. The molecule has 25 heavy (non-hydrogen) atoms. The van der Waals surface area contributed by atoms with E-state index in [0.717, 1.165) is 16.1 Å². The Kier molecular flexibility index (Phi) is 4.81. The van der Waals surface area contributed by atoms with Crippen molar-refractivity contribution in [2.45, 2.75) is 26.2 Å². The lowest BCUT2D eigenvalue weighted by molar-refractivity contribution is 0.0950. The van der Waals surface area contributed by atoms with Crippen LogP contribution in [0.1, 0.15) is 42.4 Å². The molecule has 0 spiro atoms. The van der Waals surface area contributed by atoms with Crippen molar-refractivity contribution in [2.75, 3.05) is 0 Å². The van der Waals surface area contributed by atoms with Gasteiger partial charge < -0.3 is 0 Å². The third kappa shape index (κ3) is 4.22. The highest BCUT2D eigenvalue weighted by molar-refractivity contribution is 7.13. The molecule has 0 fully saturated rings. The van der Waals surface area contributed by atoms with Crippen LogP contribution < -0.4 is 5.43 Å². The summed E-state index contributed by atoms with van der Waals surface area (Å²) in [6.45, 7) is 6.51. The van der Waals surface area contributed by atoms with Gasteiger partial charge in [0.05, 0.1) is 16.8 Å². The van der Waals surface area contributed by atoms with Crippen LogP contribution in [-0.4, -0.2) is 22.3 Å². The minimum atomic E-state index is -0.346. The van der Waals surface area contributed by atoms with Gasteiger partial charge in [-0.1, -0.05) is 51.1 Å². The first-order valence-electron chi connectivity index (χ1n) is 7.97. The van der Waals surface area contributed by atoms with Crippen LogP contribution in [0.2, 0.25) is 0 Å². The molecular formula is C19H20N4OS. The Morgan fingerprint density at radius 2 is 2.00 bits per heavy atom. The number of aromatic nitrogens is 2. The summed E-state index contributed by atoms with van der Waals surface area (Å²) >= 11 is 1.59. The van der Waals surface area contributed by atoms with Gasteiger partial charge in [0.15, 0.2) is 5.69 Å². The lowest BCUT2D eigenvalue weighted by Gasteiger charge is -2.18. The zero-order valence-electron chi connectivity index (χ0n) is 14.4. The van der Waals surface area contributed by atoms with Gasteiger partial charge in [-0.15, -0.1) is 11.3 Å². The number of nitrogens with one attached hydrogen (secondary N) is 2. The van der Waals surface area contributed by atoms with Crippen molar-refractivity contribution in [3.8, 4) is 10.6 Å². The molecule has 0 aliphatic heterocycles. The van der Waals surface area contributed by atoms with Crippen LogP contribution in [0.15, 0.2) is 52.9 Å². The average Bonchev–Trinajstić information content (AvgIpc) is 3.25. The number of thiophene rings is 1. The third-order valence-electron chi connectivity index (χ3n) is 3.75. The van der Waals surface area contributed by atoms with Crippen LogP contribution in [0.3, 0.4) is 0 Å². The van der Waals surface area contributed by atoms with Crippen LogP contribution in [0.4, 0.5) is 0 Å². The Balaban J connectivity index is 1.61. The molecule has 0 saturated carbocycles. The third-order valence-corrected chi connectivity index (χ3v) is 4.66. The number of carbonyl (C=O) groups is 1. The molecule has 0 bridgehead atoms. The second-order valence-electron chi connectivity index (χ2n) is 6.72. The van der Waals surface area contributed by atoms with E-state index in [1.165, 1.54) is 5.56 Å². The fraction of sp³-hybridized carbons (Fsp3) is 0.211. The first-order valence-corrected chi connectivity index (χ1v) is 8.85. The Morgan fingerprint density at radius 3 is 2.64 bits per heavy atom. The second kappa shape index (κ2) is 7.03. The highest BCUT2D eigenvalue weighted by Crippen LogP contribution is 2.23. The highest BCUT2D eigenvalue weighted by Gasteiger charge is 2.13. The fourth-order valence-electron chi connectivity index (χ4n) is 2.29. The van der Waals surface area contributed by atoms with Crippen LogP contribution >= 0.6 is 11.3 Å². The van der Waals surface area contributed by atoms with Gasteiger partial charge in [-0.3, -0.25) is 9.89 Å². The van der Waals surface area contributed by atoms with Gasteiger partial charge in [0, 0.05) is 0 Å². The van der Waals surface area contributed by atoms with E-state index in [1.54, 1.807) is 23.6 Å². The van der Waals surface area contributed by atoms with Gasteiger partial charge in [0.2, 0.25) is 0 Å². The van der Waals surface area contributed by atoms with Gasteiger partial charge >= 0.3 is 0 Å². The molecule has 1 aromatic carbocycles. The van der Waals surface area contributed by atoms with E-state index in [4.69, 9.17) is 0 Å². The van der Waals surface area contributed by atoms with Crippen molar-refractivity contribution in [3.63, 3.8) is 0 Å². The standard InChI is InChI=1S/C19H20N4OS/c1-19(2,3)14-8-6-13(7-9-14)12-20-23-18(24)16-11-15(21-22-16)17-5-4-10-25-17/h4-12H,1-3H3,(H,21,22)(H,23,24)/b20-12+. The Labute approximate surface area is 150 Å². The van der Waals surface area contributed by atoms with E-state index in [2.05, 4.69) is 53.6 Å². The summed E-state index contributed by atoms with van der Waals surface area (Å²) in [5, 5.41) is 12.9. The molecule has 5 nitrogen and oxygen atoms in total. The zero-order chi connectivity index (χ0) is 17.9. The summed E-state index contributed by atoms with van der Waals surface area (Å²) in [5.74, 6) is -0.346. The normalized spacial score (nSPS) is 11.8. The summed E-state index contributed by atoms with van der Waals surface area (Å²) < 4.78 is 0. The number of benzene rings is 1. The maximum atomic E-state index is 12.1. The van der Waals surface area contributed by atoms with Crippen molar-refractivity contribution in [2.24, 2.45) is 5.10 Å². The number of H-pyrrole nitrogens is 1. The Morgan fingerprint density at radius 1 is 1.24 bits per heavy atom. The lowest BCUT2D eigenvalue weighted by Crippen LogP contribution is -2.18. The monoisotopic (exact) mass is 352 g/mol. The van der Waals surface area contributed by atoms with E-state index in [-0.39, 0.29) is 11.3 Å². The molecular weight excluding hydrogens is 332 g/mol. The van der Waals surface area contributed by atoms with E-state index in [1.807, 2.05) is 29.6 Å². The van der Waals surface area contributed by atoms with E-state index < -0.39 is 0 Å². The van der Waals surface area contributed by atoms with E-state index in [9.17, 15) is 4.79 Å². The molecule has 0 radical (unpaired) electrons. The summed E-state index contributed by atoms with van der Waals surface area (Å²) in [6, 6.07) is 13.8. The fourth-order valence-corrected chi connectivity index (χ4v) is 2.98. The minimum Gasteiger partial charge on any atom is -0.276 e. The molecule has 1 amide bonds. The van der Waals surface area contributed by atoms with Gasteiger partial charge in [0.25, 0.3) is 5.91 Å². The topological polar surface area (TPSA) is 70.1 Å². The number of amides is 1. The van der Waals surface area contributed by atoms with Crippen molar-refractivity contribution >= 4 is 23.5 Å². The summed E-state index contributed by atoms with van der Waals surface area (Å²) in [6.07, 6.45) is 1.62. The molecule has 3 aromatic rings. The lowest BCUT2D eigenvalue weighted by atomic mass is 9.87. The van der Waals surface area contributed by atoms with Crippen molar-refractivity contribution in [3.05, 3.63) is 64.7 Å². The first-order chi connectivity index (χ1) is 11.9. The number of aromatic amines is 1. The second-order valence-corrected chi connectivity index (χ2v) is 7.66. The van der Waals surface area contributed by atoms with Gasteiger partial charge in [-0.2, -0.15) is 10.2 Å². The first kappa shape index (κ1) is 17.1. The predicted octanol–water partition coefficient (Wildman–Crippen LogP) is 4.20. The largest absolute Gasteiger partial charge is 0.291 e. The number of hydrogen-bond acceptors (Lipinski definition) is 4. The summed E-state index contributed by atoms with van der Waals surface area (Å²) in [7, 11) is 0. The molecule has 0 aliphatic carbocycles. The summed E-state index contributed by atoms with van der Waals surface area (Å²) in [4.78, 5) is 13.1. The van der Waals surface area contributed by atoms with Crippen molar-refractivity contribution in [1.29, 1.82) is 0 Å². The SMILES string of the molecule is CC(C)(C)c1ccc(/C=N/NC(=O)c2cc(-c3cccs3)[nH]n2)cc1. The van der Waals surface area contributed by atoms with E-state index >= 15 is 0 Å². The van der Waals surface area contributed by atoms with Crippen LogP contribution in [-0.2, 0) is 5.41 Å². The van der Waals surface area contributed by atoms with Gasteiger partial charge in [0.1, 0.15) is 0 Å². The molecule has 2 N–H and O–H groups in total. The van der Waals surface area contributed by atoms with Gasteiger partial charge in [-0.05, 0) is 34.1 Å². The smallest absolute Gasteiger partial charge is 0.276 e. The average molecular weight is 352 g/mol. The molecule has 128 valence electrons. The molecule has 3 rings (SSSR count). The zero-order valence-corrected chi connectivity index (χ0v) is 15.2. The molecule has 0 atom stereocenters. The number of hydrogen-bond donors (Lipinski definition) is 2. The van der Waals surface area contributed by atoms with Crippen LogP contribution in [0.5, 0.6) is 0 Å². The number of rotatable bonds is 4.